The maximum Gasteiger partial charge on any atom is 0.328 e. The van der Waals surface area contributed by atoms with Crippen LogP contribution in [0, 0.1) is 6.92 Å². The minimum absolute atomic E-state index is 0.100. The molecular formula is C39H36N2O5. The first-order valence-electron chi connectivity index (χ1n) is 15.1. The van der Waals surface area contributed by atoms with Crippen molar-refractivity contribution in [2.75, 3.05) is 30.5 Å². The molecule has 5 aromatic carbocycles. The zero-order chi connectivity index (χ0) is 32.3. The van der Waals surface area contributed by atoms with Gasteiger partial charge < -0.3 is 19.7 Å². The molecule has 0 aliphatic heterocycles. The minimum atomic E-state index is -0.728. The van der Waals surface area contributed by atoms with Crippen LogP contribution in [0.5, 0.6) is 5.75 Å². The number of nitrogens with zero attached hydrogens (tertiary/aromatic N) is 1. The van der Waals surface area contributed by atoms with E-state index in [0.29, 0.717) is 41.1 Å². The number of ketones is 1. The van der Waals surface area contributed by atoms with E-state index in [0.717, 1.165) is 16.8 Å². The number of ether oxygens (including phenoxy) is 2. The highest BCUT2D eigenvalue weighted by atomic mass is 16.5. The van der Waals surface area contributed by atoms with E-state index >= 15 is 0 Å². The Kier molecular flexibility index (Phi) is 10.6. The van der Waals surface area contributed by atoms with Crippen molar-refractivity contribution < 1.29 is 23.9 Å². The van der Waals surface area contributed by atoms with Gasteiger partial charge in [0.2, 0.25) is 0 Å². The van der Waals surface area contributed by atoms with Crippen molar-refractivity contribution >= 4 is 29.0 Å². The zero-order valence-electron chi connectivity index (χ0n) is 25.9. The molecule has 7 nitrogen and oxygen atoms in total. The van der Waals surface area contributed by atoms with Crippen molar-refractivity contribution in [2.45, 2.75) is 19.4 Å². The van der Waals surface area contributed by atoms with Crippen molar-refractivity contribution in [2.24, 2.45) is 0 Å². The number of benzene rings is 5. The number of amides is 1. The third-order valence-electron chi connectivity index (χ3n) is 7.58. The van der Waals surface area contributed by atoms with E-state index in [9.17, 15) is 14.4 Å². The summed E-state index contributed by atoms with van der Waals surface area (Å²) in [6.07, 6.45) is 0.327. The van der Waals surface area contributed by atoms with E-state index in [2.05, 4.69) is 5.32 Å². The number of anilines is 2. The first-order valence-corrected chi connectivity index (χ1v) is 15.1. The number of nitrogens with one attached hydrogen (secondary N) is 1. The molecule has 1 atom stereocenters. The van der Waals surface area contributed by atoms with Crippen molar-refractivity contribution in [3.05, 3.63) is 161 Å². The highest BCUT2D eigenvalue weighted by molar-refractivity contribution is 6.12. The lowest BCUT2D eigenvalue weighted by molar-refractivity contribution is -0.141. The van der Waals surface area contributed by atoms with Gasteiger partial charge in [0.15, 0.2) is 5.78 Å². The Balaban J connectivity index is 1.24. The lowest BCUT2D eigenvalue weighted by Gasteiger charge is -2.23. The number of esters is 1. The molecule has 0 spiro atoms. The zero-order valence-corrected chi connectivity index (χ0v) is 25.9. The third kappa shape index (κ3) is 8.07. The molecule has 7 heteroatoms. The van der Waals surface area contributed by atoms with Crippen molar-refractivity contribution in [3.63, 3.8) is 0 Å². The molecule has 0 heterocycles. The summed E-state index contributed by atoms with van der Waals surface area (Å²) in [4.78, 5) is 41.1. The molecule has 0 fully saturated rings. The van der Waals surface area contributed by atoms with E-state index in [-0.39, 0.29) is 18.3 Å². The molecule has 1 amide bonds. The number of aryl methyl sites for hydroxylation is 1. The fourth-order valence-electron chi connectivity index (χ4n) is 5.10. The number of para-hydroxylation sites is 1. The van der Waals surface area contributed by atoms with Crippen LogP contribution < -0.4 is 15.0 Å². The van der Waals surface area contributed by atoms with Gasteiger partial charge in [-0.1, -0.05) is 90.5 Å². The van der Waals surface area contributed by atoms with E-state index in [4.69, 9.17) is 9.47 Å². The van der Waals surface area contributed by atoms with E-state index in [1.165, 1.54) is 7.11 Å². The largest absolute Gasteiger partial charge is 0.492 e. The van der Waals surface area contributed by atoms with Gasteiger partial charge >= 0.3 is 5.97 Å². The molecule has 5 aromatic rings. The van der Waals surface area contributed by atoms with Gasteiger partial charge in [-0.3, -0.25) is 9.59 Å². The maximum absolute atomic E-state index is 13.4. The number of carbonyl (C=O) groups is 3. The molecule has 0 bridgehead atoms. The summed E-state index contributed by atoms with van der Waals surface area (Å²) in [5.41, 5.74) is 4.98. The van der Waals surface area contributed by atoms with E-state index in [1.54, 1.807) is 47.4 Å². The van der Waals surface area contributed by atoms with Crippen LogP contribution in [0.25, 0.3) is 0 Å². The van der Waals surface area contributed by atoms with E-state index in [1.807, 2.05) is 97.9 Å². The molecule has 0 saturated heterocycles. The SMILES string of the molecule is COC(=O)C(Cc1ccc(OCCN(C(=O)c2ccccc2)c2ccc(C)cc2)cc1)Nc1ccccc1C(=O)c1ccccc1. The normalized spacial score (nSPS) is 11.3. The minimum Gasteiger partial charge on any atom is -0.492 e. The standard InChI is InChI=1S/C39H36N2O5/c1-28-17-21-32(22-18-28)41(38(43)31-13-7-4-8-14-31)25-26-46-33-23-19-29(20-24-33)27-36(39(44)45-2)40-35-16-10-9-15-34(35)37(42)30-11-5-3-6-12-30/h3-24,36,40H,25-27H2,1-2H3. The van der Waals surface area contributed by atoms with Crippen LogP contribution >= 0.6 is 0 Å². The summed E-state index contributed by atoms with van der Waals surface area (Å²) in [7, 11) is 1.34. The van der Waals surface area contributed by atoms with Gasteiger partial charge in [0.1, 0.15) is 18.4 Å². The molecule has 5 rings (SSSR count). The predicted molar refractivity (Wildman–Crippen MR) is 181 cm³/mol. The highest BCUT2D eigenvalue weighted by Gasteiger charge is 2.23. The Labute approximate surface area is 269 Å². The van der Waals surface area contributed by atoms with Crippen LogP contribution in [-0.4, -0.2) is 44.0 Å². The average molecular weight is 613 g/mol. The Morgan fingerprint density at radius 1 is 0.717 bits per heavy atom. The number of carbonyl (C=O) groups excluding carboxylic acids is 3. The summed E-state index contributed by atoms with van der Waals surface area (Å²) in [5, 5.41) is 3.24. The number of rotatable bonds is 13. The first-order chi connectivity index (χ1) is 22.4. The molecule has 1 N–H and O–H groups in total. The smallest absolute Gasteiger partial charge is 0.328 e. The summed E-state index contributed by atoms with van der Waals surface area (Å²) in [6.45, 7) is 2.65. The summed E-state index contributed by atoms with van der Waals surface area (Å²) >= 11 is 0. The van der Waals surface area contributed by atoms with Gasteiger partial charge in [-0.2, -0.15) is 0 Å². The molecule has 0 aromatic heterocycles. The quantitative estimate of drug-likeness (QED) is 0.112. The number of hydrogen-bond donors (Lipinski definition) is 1. The van der Waals surface area contributed by atoms with Crippen LogP contribution in [0.3, 0.4) is 0 Å². The molecule has 46 heavy (non-hydrogen) atoms. The van der Waals surface area contributed by atoms with Gasteiger partial charge in [0, 0.05) is 34.5 Å². The molecule has 0 aliphatic carbocycles. The second-order valence-electron chi connectivity index (χ2n) is 10.8. The topological polar surface area (TPSA) is 84.9 Å². The molecule has 0 saturated carbocycles. The van der Waals surface area contributed by atoms with Crippen LogP contribution in [0.4, 0.5) is 11.4 Å². The van der Waals surface area contributed by atoms with Gasteiger partial charge in [0.25, 0.3) is 5.91 Å². The maximum atomic E-state index is 13.4. The van der Waals surface area contributed by atoms with E-state index < -0.39 is 12.0 Å². The number of hydrogen-bond acceptors (Lipinski definition) is 6. The summed E-state index contributed by atoms with van der Waals surface area (Å²) < 4.78 is 11.1. The van der Waals surface area contributed by atoms with Crippen molar-refractivity contribution in [1.82, 2.24) is 0 Å². The molecule has 232 valence electrons. The molecular weight excluding hydrogens is 576 g/mol. The Morgan fingerprint density at radius 2 is 1.33 bits per heavy atom. The lowest BCUT2D eigenvalue weighted by atomic mass is 10.00. The summed E-state index contributed by atoms with van der Waals surface area (Å²) in [5.74, 6) is -0.0419. The lowest BCUT2D eigenvalue weighted by Crippen LogP contribution is -2.34. The number of methoxy groups -OCH3 is 1. The third-order valence-corrected chi connectivity index (χ3v) is 7.58. The van der Waals surface area contributed by atoms with Gasteiger partial charge in [-0.15, -0.1) is 0 Å². The highest BCUT2D eigenvalue weighted by Crippen LogP contribution is 2.23. The Hall–Kier alpha value is -5.69. The second kappa shape index (κ2) is 15.3. The molecule has 0 radical (unpaired) electrons. The van der Waals surface area contributed by atoms with Gasteiger partial charge in [0.05, 0.1) is 13.7 Å². The van der Waals surface area contributed by atoms with Crippen LogP contribution in [0.15, 0.2) is 133 Å². The fourth-order valence-corrected chi connectivity index (χ4v) is 5.10. The van der Waals surface area contributed by atoms with Crippen LogP contribution in [0.1, 0.15) is 37.4 Å². The molecule has 1 unspecified atom stereocenters. The fraction of sp³-hybridized carbons (Fsp3) is 0.154. The average Bonchev–Trinajstić information content (AvgIpc) is 3.11. The van der Waals surface area contributed by atoms with Crippen LogP contribution in [0.2, 0.25) is 0 Å². The summed E-state index contributed by atoms with van der Waals surface area (Å²) in [6, 6.07) is 39.9. The Morgan fingerprint density at radius 3 is 1.98 bits per heavy atom. The Bertz CT molecular complexity index is 1750. The van der Waals surface area contributed by atoms with Gasteiger partial charge in [-0.05, 0) is 61.0 Å². The predicted octanol–water partition coefficient (Wildman–Crippen LogP) is 7.15. The molecule has 0 aliphatic rings. The second-order valence-corrected chi connectivity index (χ2v) is 10.8. The van der Waals surface area contributed by atoms with Crippen molar-refractivity contribution in [1.29, 1.82) is 0 Å². The van der Waals surface area contributed by atoms with Gasteiger partial charge in [-0.25, -0.2) is 4.79 Å². The monoisotopic (exact) mass is 612 g/mol. The first kappa shape index (κ1) is 31.7. The van der Waals surface area contributed by atoms with Crippen LogP contribution in [-0.2, 0) is 16.0 Å². The van der Waals surface area contributed by atoms with Crippen molar-refractivity contribution in [3.8, 4) is 5.75 Å².